The van der Waals surface area contributed by atoms with Crippen LogP contribution in [0, 0.1) is 0 Å². The summed E-state index contributed by atoms with van der Waals surface area (Å²) in [4.78, 5) is 10.7. The van der Waals surface area contributed by atoms with E-state index in [9.17, 15) is 4.79 Å². The summed E-state index contributed by atoms with van der Waals surface area (Å²) in [6.07, 6.45) is 1.63. The molecule has 0 atom stereocenters. The van der Waals surface area contributed by atoms with E-state index in [-0.39, 0.29) is 0 Å². The largest absolute Gasteiger partial charge is 0.477 e. The van der Waals surface area contributed by atoms with Crippen molar-refractivity contribution in [3.8, 4) is 0 Å². The second kappa shape index (κ2) is 2.66. The van der Waals surface area contributed by atoms with Crippen molar-refractivity contribution in [1.82, 2.24) is 0 Å². The van der Waals surface area contributed by atoms with E-state index < -0.39 is 5.97 Å². The smallest absolute Gasteiger partial charge is 0.345 e. The quantitative estimate of drug-likeness (QED) is 0.708. The Morgan fingerprint density at radius 3 is 2.80 bits per heavy atom. The lowest BCUT2D eigenvalue weighted by atomic mass is 10.3. The van der Waals surface area contributed by atoms with E-state index in [1.807, 2.05) is 0 Å². The molecule has 0 fully saturated rings. The lowest BCUT2D eigenvalue weighted by molar-refractivity contribution is 0.0702. The van der Waals surface area contributed by atoms with E-state index in [2.05, 4.69) is 6.58 Å². The number of rotatable bonds is 2. The first-order valence-corrected chi connectivity index (χ1v) is 3.56. The van der Waals surface area contributed by atoms with Gasteiger partial charge in [0, 0.05) is 0 Å². The minimum Gasteiger partial charge on any atom is -0.477 e. The van der Waals surface area contributed by atoms with Gasteiger partial charge in [-0.2, -0.15) is 0 Å². The van der Waals surface area contributed by atoms with Gasteiger partial charge < -0.3 is 5.11 Å². The zero-order valence-corrected chi connectivity index (χ0v) is 6.02. The van der Waals surface area contributed by atoms with Crippen LogP contribution in [0.15, 0.2) is 18.0 Å². The third-order valence-corrected chi connectivity index (χ3v) is 2.00. The fourth-order valence-corrected chi connectivity index (χ4v) is 1.30. The third-order valence-electron chi connectivity index (χ3n) is 1.07. The highest BCUT2D eigenvalue weighted by atomic mass is 32.1. The van der Waals surface area contributed by atoms with Crippen LogP contribution in [0.4, 0.5) is 0 Å². The Kier molecular flexibility index (Phi) is 1.87. The van der Waals surface area contributed by atoms with Gasteiger partial charge in [-0.15, -0.1) is 11.3 Å². The van der Waals surface area contributed by atoms with Crippen molar-refractivity contribution in [1.29, 1.82) is 0 Å². The molecule has 0 aliphatic carbocycles. The lowest BCUT2D eigenvalue weighted by Crippen LogP contribution is -1.89. The number of aromatic carboxylic acids is 1. The van der Waals surface area contributed by atoms with Crippen molar-refractivity contribution in [3.63, 3.8) is 0 Å². The van der Waals surface area contributed by atoms with Crippen LogP contribution in [0.1, 0.15) is 15.2 Å². The molecule has 0 bridgehead atoms. The molecule has 1 aromatic heterocycles. The zero-order valence-electron chi connectivity index (χ0n) is 5.20. The van der Waals surface area contributed by atoms with Crippen LogP contribution in [0.3, 0.4) is 0 Å². The van der Waals surface area contributed by atoms with Gasteiger partial charge in [-0.1, -0.05) is 12.7 Å². The Labute approximate surface area is 62.4 Å². The van der Waals surface area contributed by atoms with Crippen molar-refractivity contribution >= 4 is 23.4 Å². The first-order chi connectivity index (χ1) is 4.74. The van der Waals surface area contributed by atoms with Crippen LogP contribution in [-0.2, 0) is 0 Å². The Balaban J connectivity index is 2.98. The van der Waals surface area contributed by atoms with Gasteiger partial charge in [0.25, 0.3) is 0 Å². The van der Waals surface area contributed by atoms with Crippen LogP contribution in [0.25, 0.3) is 6.08 Å². The van der Waals surface area contributed by atoms with Crippen LogP contribution >= 0.6 is 11.3 Å². The SMILES string of the molecule is C=Cc1csc(C(=O)O)c1. The summed E-state index contributed by atoms with van der Waals surface area (Å²) >= 11 is 1.21. The molecule has 1 aromatic rings. The van der Waals surface area contributed by atoms with Crippen molar-refractivity contribution in [3.05, 3.63) is 28.5 Å². The standard InChI is InChI=1S/C7H6O2S/c1-2-5-3-6(7(8)9)10-4-5/h2-4H,1H2,(H,8,9). The predicted octanol–water partition coefficient (Wildman–Crippen LogP) is 2.09. The molecule has 0 saturated carbocycles. The molecule has 0 aliphatic heterocycles. The molecule has 0 amide bonds. The highest BCUT2D eigenvalue weighted by Gasteiger charge is 2.03. The second-order valence-corrected chi connectivity index (χ2v) is 2.66. The van der Waals surface area contributed by atoms with Crippen molar-refractivity contribution in [2.45, 2.75) is 0 Å². The summed E-state index contributed by atoms with van der Waals surface area (Å²) in [5, 5.41) is 10.2. The molecule has 0 spiro atoms. The first-order valence-electron chi connectivity index (χ1n) is 2.68. The molecule has 10 heavy (non-hydrogen) atoms. The lowest BCUT2D eigenvalue weighted by Gasteiger charge is -1.80. The van der Waals surface area contributed by atoms with Crippen LogP contribution in [0.5, 0.6) is 0 Å². The molecule has 1 N–H and O–H groups in total. The van der Waals surface area contributed by atoms with Crippen LogP contribution in [0.2, 0.25) is 0 Å². The summed E-state index contributed by atoms with van der Waals surface area (Å²) < 4.78 is 0. The van der Waals surface area contributed by atoms with Crippen molar-refractivity contribution < 1.29 is 9.90 Å². The first kappa shape index (κ1) is 7.02. The molecule has 0 aromatic carbocycles. The van der Waals surface area contributed by atoms with E-state index in [4.69, 9.17) is 5.11 Å². The van der Waals surface area contributed by atoms with Crippen molar-refractivity contribution in [2.75, 3.05) is 0 Å². The van der Waals surface area contributed by atoms with Gasteiger partial charge in [-0.25, -0.2) is 4.79 Å². The van der Waals surface area contributed by atoms with Gasteiger partial charge in [0.2, 0.25) is 0 Å². The van der Waals surface area contributed by atoms with E-state index >= 15 is 0 Å². The summed E-state index contributed by atoms with van der Waals surface area (Å²) in [6, 6.07) is 1.60. The highest BCUT2D eigenvalue weighted by molar-refractivity contribution is 7.12. The summed E-state index contributed by atoms with van der Waals surface area (Å²) in [5.74, 6) is -0.877. The average Bonchev–Trinajstić information content (AvgIpc) is 2.34. The van der Waals surface area contributed by atoms with Gasteiger partial charge in [0.05, 0.1) is 0 Å². The summed E-state index contributed by atoms with van der Waals surface area (Å²) in [7, 11) is 0. The zero-order chi connectivity index (χ0) is 7.56. The summed E-state index contributed by atoms with van der Waals surface area (Å²) in [6.45, 7) is 3.52. The van der Waals surface area contributed by atoms with E-state index in [0.717, 1.165) is 5.56 Å². The van der Waals surface area contributed by atoms with Crippen LogP contribution in [-0.4, -0.2) is 11.1 Å². The average molecular weight is 154 g/mol. The van der Waals surface area contributed by atoms with Crippen LogP contribution < -0.4 is 0 Å². The Morgan fingerprint density at radius 1 is 1.80 bits per heavy atom. The number of carboxylic acid groups (broad SMARTS) is 1. The maximum atomic E-state index is 10.3. The monoisotopic (exact) mass is 154 g/mol. The summed E-state index contributed by atoms with van der Waals surface area (Å²) in [5.41, 5.74) is 0.863. The Hall–Kier alpha value is -1.09. The third kappa shape index (κ3) is 1.25. The van der Waals surface area contributed by atoms with E-state index in [1.54, 1.807) is 17.5 Å². The molecular weight excluding hydrogens is 148 g/mol. The van der Waals surface area contributed by atoms with Gasteiger partial charge in [0.1, 0.15) is 4.88 Å². The predicted molar refractivity (Wildman–Crippen MR) is 41.4 cm³/mol. The Morgan fingerprint density at radius 2 is 2.50 bits per heavy atom. The molecular formula is C7H6O2S. The molecule has 1 heterocycles. The molecule has 0 saturated heterocycles. The second-order valence-electron chi connectivity index (χ2n) is 1.75. The minimum absolute atomic E-state index is 0.356. The van der Waals surface area contributed by atoms with Crippen molar-refractivity contribution in [2.24, 2.45) is 0 Å². The fourth-order valence-electron chi connectivity index (χ4n) is 0.570. The minimum atomic E-state index is -0.877. The number of hydrogen-bond acceptors (Lipinski definition) is 2. The number of carbonyl (C=O) groups is 1. The number of carboxylic acids is 1. The van der Waals surface area contributed by atoms with Gasteiger partial charge in [0.15, 0.2) is 0 Å². The molecule has 1 rings (SSSR count). The normalized spacial score (nSPS) is 9.20. The van der Waals surface area contributed by atoms with E-state index in [1.165, 1.54) is 11.3 Å². The molecule has 52 valence electrons. The Bertz CT molecular complexity index is 262. The van der Waals surface area contributed by atoms with Gasteiger partial charge in [-0.05, 0) is 17.0 Å². The van der Waals surface area contributed by atoms with Gasteiger partial charge >= 0.3 is 5.97 Å². The molecule has 3 heteroatoms. The molecule has 0 unspecified atom stereocenters. The molecule has 0 aliphatic rings. The number of hydrogen-bond donors (Lipinski definition) is 1. The fraction of sp³-hybridized carbons (Fsp3) is 0. The maximum absolute atomic E-state index is 10.3. The van der Waals surface area contributed by atoms with E-state index in [0.29, 0.717) is 4.88 Å². The number of thiophene rings is 1. The molecule has 2 nitrogen and oxygen atoms in total. The highest BCUT2D eigenvalue weighted by Crippen LogP contribution is 2.14. The van der Waals surface area contributed by atoms with Gasteiger partial charge in [-0.3, -0.25) is 0 Å². The molecule has 0 radical (unpaired) electrons. The maximum Gasteiger partial charge on any atom is 0.345 e. The topological polar surface area (TPSA) is 37.3 Å².